The smallest absolute Gasteiger partial charge is 0.0438 e. The molecule has 2 nitrogen and oxygen atoms in total. The van der Waals surface area contributed by atoms with E-state index in [1.165, 1.54) is 0 Å². The summed E-state index contributed by atoms with van der Waals surface area (Å²) in [6, 6.07) is 0. The van der Waals surface area contributed by atoms with Crippen LogP contribution in [0.25, 0.3) is 0 Å². The molecule has 0 amide bonds. The molecule has 0 unspecified atom stereocenters. The first-order chi connectivity index (χ1) is 4.91. The Morgan fingerprint density at radius 2 is 2.20 bits per heavy atom. The molecule has 0 aliphatic rings. The number of thioether (sulfide) groups is 1. The fourth-order valence-corrected chi connectivity index (χ4v) is 1.25. The molecule has 0 radical (unpaired) electrons. The molecule has 0 aromatic carbocycles. The van der Waals surface area contributed by atoms with Crippen molar-refractivity contribution in [3.8, 4) is 0 Å². The average molecular weight is 161 g/mol. The van der Waals surface area contributed by atoms with E-state index in [4.69, 9.17) is 10.8 Å². The van der Waals surface area contributed by atoms with Gasteiger partial charge in [-0.15, -0.1) is 0 Å². The number of nitrogens with two attached hydrogens (primary N) is 1. The van der Waals surface area contributed by atoms with Crippen LogP contribution in [-0.4, -0.2) is 29.8 Å². The monoisotopic (exact) mass is 161 g/mol. The van der Waals surface area contributed by atoms with Gasteiger partial charge in [0.15, 0.2) is 0 Å². The largest absolute Gasteiger partial charge is 0.396 e. The molecule has 0 fully saturated rings. The van der Waals surface area contributed by atoms with Crippen molar-refractivity contribution in [2.75, 3.05) is 24.7 Å². The number of hydrogen-bond donors (Lipinski definition) is 2. The molecule has 3 N–H and O–H groups in total. The highest BCUT2D eigenvalue weighted by atomic mass is 32.2. The molecule has 0 aliphatic heterocycles. The van der Waals surface area contributed by atoms with Crippen LogP contribution in [0.5, 0.6) is 0 Å². The van der Waals surface area contributed by atoms with Crippen LogP contribution in [0.3, 0.4) is 0 Å². The van der Waals surface area contributed by atoms with E-state index in [9.17, 15) is 0 Å². The average Bonchev–Trinajstić information content (AvgIpc) is 1.97. The molecule has 0 saturated carbocycles. The molecule has 0 heterocycles. The molecule has 60 valence electrons. The minimum atomic E-state index is 0.299. The number of aliphatic hydroxyl groups is 1. The molecular formula is C7H15NOS. The van der Waals surface area contributed by atoms with Crippen molar-refractivity contribution in [1.29, 1.82) is 0 Å². The Hall–Kier alpha value is 0.01000. The van der Waals surface area contributed by atoms with E-state index in [0.717, 1.165) is 17.9 Å². The van der Waals surface area contributed by atoms with Crippen LogP contribution >= 0.6 is 11.8 Å². The van der Waals surface area contributed by atoms with E-state index in [-0.39, 0.29) is 0 Å². The van der Waals surface area contributed by atoms with Gasteiger partial charge in [-0.2, -0.15) is 11.8 Å². The van der Waals surface area contributed by atoms with Crippen molar-refractivity contribution >= 4 is 11.8 Å². The summed E-state index contributed by atoms with van der Waals surface area (Å²) in [6.07, 6.45) is 4.90. The third-order valence-electron chi connectivity index (χ3n) is 0.964. The second kappa shape index (κ2) is 9.01. The Kier molecular flexibility index (Phi) is 9.02. The Balaban J connectivity index is 2.83. The van der Waals surface area contributed by atoms with Crippen molar-refractivity contribution in [3.05, 3.63) is 12.2 Å². The maximum absolute atomic E-state index is 8.42. The topological polar surface area (TPSA) is 46.2 Å². The minimum Gasteiger partial charge on any atom is -0.396 e. The van der Waals surface area contributed by atoms with Gasteiger partial charge in [-0.05, 0) is 12.2 Å². The number of hydrogen-bond acceptors (Lipinski definition) is 3. The summed E-state index contributed by atoms with van der Waals surface area (Å²) in [4.78, 5) is 0. The van der Waals surface area contributed by atoms with Gasteiger partial charge in [0.1, 0.15) is 0 Å². The molecule has 0 atom stereocenters. The lowest BCUT2D eigenvalue weighted by molar-refractivity contribution is 0.296. The summed E-state index contributed by atoms with van der Waals surface area (Å²) < 4.78 is 0. The predicted octanol–water partition coefficient (Wildman–Crippen LogP) is 0.617. The molecule has 0 bridgehead atoms. The highest BCUT2D eigenvalue weighted by Gasteiger charge is 1.83. The van der Waals surface area contributed by atoms with Gasteiger partial charge in [0.25, 0.3) is 0 Å². The maximum atomic E-state index is 8.42. The molecule has 0 aromatic rings. The van der Waals surface area contributed by atoms with E-state index in [1.54, 1.807) is 0 Å². The standard InChI is InChI=1S/C7H15NOS/c8-4-1-2-6-10-7-3-5-9/h1-2,9H,3-8H2. The van der Waals surface area contributed by atoms with Crippen LogP contribution < -0.4 is 5.73 Å². The highest BCUT2D eigenvalue weighted by molar-refractivity contribution is 7.99. The lowest BCUT2D eigenvalue weighted by Gasteiger charge is -1.93. The quantitative estimate of drug-likeness (QED) is 0.443. The summed E-state index contributed by atoms with van der Waals surface area (Å²) in [5, 5.41) is 8.42. The Labute approximate surface area is 66.5 Å². The van der Waals surface area contributed by atoms with Crippen molar-refractivity contribution in [2.45, 2.75) is 6.42 Å². The normalized spacial score (nSPS) is 11.0. The fraction of sp³-hybridized carbons (Fsp3) is 0.714. The number of rotatable bonds is 6. The van der Waals surface area contributed by atoms with Gasteiger partial charge in [0.05, 0.1) is 0 Å². The molecule has 0 aliphatic carbocycles. The minimum absolute atomic E-state index is 0.299. The third kappa shape index (κ3) is 8.01. The van der Waals surface area contributed by atoms with Gasteiger partial charge < -0.3 is 10.8 Å². The summed E-state index contributed by atoms with van der Waals surface area (Å²) in [7, 11) is 0. The van der Waals surface area contributed by atoms with E-state index >= 15 is 0 Å². The zero-order chi connectivity index (χ0) is 7.66. The van der Waals surface area contributed by atoms with Gasteiger partial charge in [-0.3, -0.25) is 0 Å². The third-order valence-corrected chi connectivity index (χ3v) is 1.97. The maximum Gasteiger partial charge on any atom is 0.0438 e. The first kappa shape index (κ1) is 10.0. The lowest BCUT2D eigenvalue weighted by Crippen LogP contribution is -1.92. The highest BCUT2D eigenvalue weighted by Crippen LogP contribution is 2.01. The summed E-state index contributed by atoms with van der Waals surface area (Å²) in [6.45, 7) is 0.925. The number of aliphatic hydroxyl groups excluding tert-OH is 1. The lowest BCUT2D eigenvalue weighted by atomic mass is 10.5. The van der Waals surface area contributed by atoms with E-state index in [2.05, 4.69) is 6.08 Å². The SMILES string of the molecule is NCC=CCSCCCO. The van der Waals surface area contributed by atoms with Crippen molar-refractivity contribution in [1.82, 2.24) is 0 Å². The zero-order valence-corrected chi connectivity index (χ0v) is 6.94. The van der Waals surface area contributed by atoms with Gasteiger partial charge in [0, 0.05) is 18.9 Å². The molecule has 3 heteroatoms. The van der Waals surface area contributed by atoms with Gasteiger partial charge in [0.2, 0.25) is 0 Å². The van der Waals surface area contributed by atoms with Crippen LogP contribution in [0.2, 0.25) is 0 Å². The summed E-state index contributed by atoms with van der Waals surface area (Å²) in [5.41, 5.74) is 5.23. The van der Waals surface area contributed by atoms with Gasteiger partial charge in [-0.25, -0.2) is 0 Å². The van der Waals surface area contributed by atoms with Gasteiger partial charge >= 0.3 is 0 Å². The van der Waals surface area contributed by atoms with Crippen LogP contribution in [0.15, 0.2) is 12.2 Å². The molecular weight excluding hydrogens is 146 g/mol. The first-order valence-corrected chi connectivity index (χ1v) is 4.61. The van der Waals surface area contributed by atoms with Crippen LogP contribution in [0, 0.1) is 0 Å². The van der Waals surface area contributed by atoms with Crippen LogP contribution in [-0.2, 0) is 0 Å². The molecule has 0 spiro atoms. The Morgan fingerprint density at radius 1 is 1.40 bits per heavy atom. The fourth-order valence-electron chi connectivity index (χ4n) is 0.482. The summed E-state index contributed by atoms with van der Waals surface area (Å²) >= 11 is 1.82. The zero-order valence-electron chi connectivity index (χ0n) is 6.12. The molecule has 0 rings (SSSR count). The molecule has 0 saturated heterocycles. The van der Waals surface area contributed by atoms with Crippen LogP contribution in [0.1, 0.15) is 6.42 Å². The van der Waals surface area contributed by atoms with Gasteiger partial charge in [-0.1, -0.05) is 12.2 Å². The van der Waals surface area contributed by atoms with E-state index in [1.807, 2.05) is 17.8 Å². The first-order valence-electron chi connectivity index (χ1n) is 3.45. The second-order valence-electron chi connectivity index (χ2n) is 1.86. The molecule has 0 aromatic heterocycles. The van der Waals surface area contributed by atoms with Crippen molar-refractivity contribution in [3.63, 3.8) is 0 Å². The van der Waals surface area contributed by atoms with E-state index < -0.39 is 0 Å². The Bertz CT molecular complexity index is 85.7. The second-order valence-corrected chi connectivity index (χ2v) is 3.01. The summed E-state index contributed by atoms with van der Waals surface area (Å²) in [5.74, 6) is 2.04. The Morgan fingerprint density at radius 3 is 2.80 bits per heavy atom. The van der Waals surface area contributed by atoms with E-state index in [0.29, 0.717) is 13.2 Å². The van der Waals surface area contributed by atoms with Crippen molar-refractivity contribution in [2.24, 2.45) is 5.73 Å². The molecule has 10 heavy (non-hydrogen) atoms. The van der Waals surface area contributed by atoms with Crippen LogP contribution in [0.4, 0.5) is 0 Å². The van der Waals surface area contributed by atoms with Crippen molar-refractivity contribution < 1.29 is 5.11 Å². The predicted molar refractivity (Wildman–Crippen MR) is 47.2 cm³/mol.